The van der Waals surface area contributed by atoms with Crippen LogP contribution in [-0.4, -0.2) is 26.0 Å². The van der Waals surface area contributed by atoms with Crippen LogP contribution >= 0.6 is 0 Å². The zero-order valence-electron chi connectivity index (χ0n) is 7.67. The van der Waals surface area contributed by atoms with Crippen molar-refractivity contribution in [3.63, 3.8) is 0 Å². The lowest BCUT2D eigenvalue weighted by Crippen LogP contribution is -2.19. The summed E-state index contributed by atoms with van der Waals surface area (Å²) in [7, 11) is 1.92. The maximum absolute atomic E-state index is 4.35. The van der Waals surface area contributed by atoms with Crippen molar-refractivity contribution in [2.45, 2.75) is 0 Å². The molecule has 0 radical (unpaired) electrons. The van der Waals surface area contributed by atoms with Gasteiger partial charge in [0.1, 0.15) is 5.84 Å². The number of hydrogen-bond donors (Lipinski definition) is 2. The largest absolute Gasteiger partial charge is 0.388 e. The Bertz CT molecular complexity index is 313. The van der Waals surface area contributed by atoms with E-state index >= 15 is 0 Å². The molecule has 0 spiro atoms. The summed E-state index contributed by atoms with van der Waals surface area (Å²) in [6, 6.07) is 8.25. The summed E-state index contributed by atoms with van der Waals surface area (Å²) in [5.74, 6) is 1.02. The molecule has 68 valence electrons. The van der Waals surface area contributed by atoms with Crippen LogP contribution in [0.4, 0.5) is 5.69 Å². The van der Waals surface area contributed by atoms with Crippen molar-refractivity contribution in [2.75, 3.05) is 25.5 Å². The van der Waals surface area contributed by atoms with Gasteiger partial charge in [-0.15, -0.1) is 0 Å². The highest BCUT2D eigenvalue weighted by atomic mass is 15.1. The van der Waals surface area contributed by atoms with Crippen LogP contribution in [0.25, 0.3) is 0 Å². The molecule has 2 N–H and O–H groups in total. The third kappa shape index (κ3) is 1.64. The van der Waals surface area contributed by atoms with Gasteiger partial charge in [-0.3, -0.25) is 4.99 Å². The standard InChI is InChI=1S/C10H13N3/c1-11-9-4-2-8(3-5-9)10-12-6-7-13-10/h2-5,11H,6-7H2,1H3,(H,12,13). The Morgan fingerprint density at radius 1 is 1.31 bits per heavy atom. The lowest BCUT2D eigenvalue weighted by atomic mass is 10.2. The van der Waals surface area contributed by atoms with Gasteiger partial charge < -0.3 is 10.6 Å². The van der Waals surface area contributed by atoms with E-state index in [0.717, 1.165) is 30.2 Å². The van der Waals surface area contributed by atoms with Gasteiger partial charge >= 0.3 is 0 Å². The Labute approximate surface area is 77.9 Å². The number of nitrogens with zero attached hydrogens (tertiary/aromatic N) is 1. The number of nitrogens with one attached hydrogen (secondary N) is 2. The molecule has 0 fully saturated rings. The first-order valence-corrected chi connectivity index (χ1v) is 4.46. The smallest absolute Gasteiger partial charge is 0.128 e. The van der Waals surface area contributed by atoms with Crippen molar-refractivity contribution >= 4 is 11.5 Å². The van der Waals surface area contributed by atoms with E-state index in [4.69, 9.17) is 0 Å². The SMILES string of the molecule is CNc1ccc(C2=NCCN2)cc1. The van der Waals surface area contributed by atoms with Gasteiger partial charge in [0.15, 0.2) is 0 Å². The molecule has 13 heavy (non-hydrogen) atoms. The minimum absolute atomic E-state index is 0.892. The second-order valence-corrected chi connectivity index (χ2v) is 2.98. The van der Waals surface area contributed by atoms with Crippen LogP contribution in [0.15, 0.2) is 29.3 Å². The molecule has 1 aliphatic rings. The third-order valence-corrected chi connectivity index (χ3v) is 2.12. The first-order chi connectivity index (χ1) is 6.40. The van der Waals surface area contributed by atoms with Crippen LogP contribution in [0.1, 0.15) is 5.56 Å². The van der Waals surface area contributed by atoms with E-state index < -0.39 is 0 Å². The van der Waals surface area contributed by atoms with Crippen molar-refractivity contribution in [2.24, 2.45) is 4.99 Å². The molecule has 0 atom stereocenters. The molecule has 3 heteroatoms. The number of amidine groups is 1. The predicted octanol–water partition coefficient (Wildman–Crippen LogP) is 1.08. The first kappa shape index (κ1) is 8.10. The molecule has 0 aliphatic carbocycles. The van der Waals surface area contributed by atoms with Gasteiger partial charge in [0.2, 0.25) is 0 Å². The van der Waals surface area contributed by atoms with Gasteiger partial charge in [0.25, 0.3) is 0 Å². The Kier molecular flexibility index (Phi) is 2.17. The lowest BCUT2D eigenvalue weighted by molar-refractivity contribution is 0.960. The quantitative estimate of drug-likeness (QED) is 0.705. The lowest BCUT2D eigenvalue weighted by Gasteiger charge is -2.03. The van der Waals surface area contributed by atoms with E-state index in [1.54, 1.807) is 0 Å². The highest BCUT2D eigenvalue weighted by Gasteiger charge is 2.06. The van der Waals surface area contributed by atoms with Crippen LogP contribution in [-0.2, 0) is 0 Å². The molecule has 0 amide bonds. The van der Waals surface area contributed by atoms with Gasteiger partial charge in [-0.05, 0) is 24.3 Å². The molecule has 3 nitrogen and oxygen atoms in total. The zero-order valence-corrected chi connectivity index (χ0v) is 7.67. The van der Waals surface area contributed by atoms with Crippen molar-refractivity contribution in [1.82, 2.24) is 5.32 Å². The van der Waals surface area contributed by atoms with Crippen LogP contribution in [0.5, 0.6) is 0 Å². The number of benzene rings is 1. The number of anilines is 1. The minimum Gasteiger partial charge on any atom is -0.388 e. The summed E-state index contributed by atoms with van der Waals surface area (Å²) < 4.78 is 0. The second-order valence-electron chi connectivity index (χ2n) is 2.98. The topological polar surface area (TPSA) is 36.4 Å². The molecular weight excluding hydrogens is 162 g/mol. The maximum Gasteiger partial charge on any atom is 0.128 e. The fraction of sp³-hybridized carbons (Fsp3) is 0.300. The molecular formula is C10H13N3. The van der Waals surface area contributed by atoms with Crippen LogP contribution in [0, 0.1) is 0 Å². The Morgan fingerprint density at radius 3 is 2.62 bits per heavy atom. The van der Waals surface area contributed by atoms with Gasteiger partial charge in [0, 0.05) is 24.8 Å². The Morgan fingerprint density at radius 2 is 2.08 bits per heavy atom. The molecule has 0 bridgehead atoms. The summed E-state index contributed by atoms with van der Waals surface area (Å²) >= 11 is 0. The Balaban J connectivity index is 2.22. The Hall–Kier alpha value is -1.51. The van der Waals surface area contributed by atoms with E-state index in [1.807, 2.05) is 7.05 Å². The van der Waals surface area contributed by atoms with Gasteiger partial charge in [-0.2, -0.15) is 0 Å². The van der Waals surface area contributed by atoms with Crippen molar-refractivity contribution in [3.05, 3.63) is 29.8 Å². The van der Waals surface area contributed by atoms with E-state index in [9.17, 15) is 0 Å². The van der Waals surface area contributed by atoms with Crippen LogP contribution in [0.3, 0.4) is 0 Å². The predicted molar refractivity (Wildman–Crippen MR) is 55.4 cm³/mol. The number of rotatable bonds is 2. The van der Waals surface area contributed by atoms with E-state index in [2.05, 4.69) is 39.9 Å². The first-order valence-electron chi connectivity index (χ1n) is 4.46. The van der Waals surface area contributed by atoms with Crippen LogP contribution < -0.4 is 10.6 Å². The minimum atomic E-state index is 0.892. The summed E-state index contributed by atoms with van der Waals surface area (Å²) in [6.07, 6.45) is 0. The van der Waals surface area contributed by atoms with Crippen molar-refractivity contribution < 1.29 is 0 Å². The number of hydrogen-bond acceptors (Lipinski definition) is 3. The van der Waals surface area contributed by atoms with E-state index in [0.29, 0.717) is 0 Å². The maximum atomic E-state index is 4.35. The molecule has 1 aromatic carbocycles. The molecule has 1 heterocycles. The van der Waals surface area contributed by atoms with Crippen LogP contribution in [0.2, 0.25) is 0 Å². The zero-order chi connectivity index (χ0) is 9.10. The number of aliphatic imine (C=N–C) groups is 1. The van der Waals surface area contributed by atoms with E-state index in [-0.39, 0.29) is 0 Å². The molecule has 1 aliphatic heterocycles. The van der Waals surface area contributed by atoms with Gasteiger partial charge in [-0.1, -0.05) is 0 Å². The van der Waals surface area contributed by atoms with Gasteiger partial charge in [-0.25, -0.2) is 0 Å². The average molecular weight is 175 g/mol. The van der Waals surface area contributed by atoms with Crippen molar-refractivity contribution in [1.29, 1.82) is 0 Å². The fourth-order valence-corrected chi connectivity index (χ4v) is 1.39. The van der Waals surface area contributed by atoms with Crippen molar-refractivity contribution in [3.8, 4) is 0 Å². The molecule has 0 saturated heterocycles. The third-order valence-electron chi connectivity index (χ3n) is 2.12. The second kappa shape index (κ2) is 3.47. The summed E-state index contributed by atoms with van der Waals surface area (Å²) in [5.41, 5.74) is 2.29. The molecule has 2 rings (SSSR count). The average Bonchev–Trinajstić information content (AvgIpc) is 2.71. The van der Waals surface area contributed by atoms with E-state index in [1.165, 1.54) is 0 Å². The monoisotopic (exact) mass is 175 g/mol. The highest BCUT2D eigenvalue weighted by Crippen LogP contribution is 2.09. The fourth-order valence-electron chi connectivity index (χ4n) is 1.39. The summed E-state index contributed by atoms with van der Waals surface area (Å²) in [5, 5.41) is 6.32. The molecule has 0 saturated carbocycles. The molecule has 0 aromatic heterocycles. The van der Waals surface area contributed by atoms with Gasteiger partial charge in [0.05, 0.1) is 6.54 Å². The summed E-state index contributed by atoms with van der Waals surface area (Å²) in [4.78, 5) is 4.35. The normalized spacial score (nSPS) is 15.0. The molecule has 1 aromatic rings. The summed E-state index contributed by atoms with van der Waals surface area (Å²) in [6.45, 7) is 1.85. The molecule has 0 unspecified atom stereocenters. The highest BCUT2D eigenvalue weighted by molar-refractivity contribution is 5.99.